The number of carboxylic acid groups (broad SMARTS) is 1. The lowest BCUT2D eigenvalue weighted by atomic mass is 9.99. The minimum Gasteiger partial charge on any atom is -0.493 e. The van der Waals surface area contributed by atoms with E-state index < -0.39 is 11.9 Å². The van der Waals surface area contributed by atoms with E-state index in [0.29, 0.717) is 24.3 Å². The molecule has 0 bridgehead atoms. The van der Waals surface area contributed by atoms with Gasteiger partial charge in [-0.05, 0) is 42.7 Å². The highest BCUT2D eigenvalue weighted by atomic mass is 16.5. The number of hydrogen-bond donors (Lipinski definition) is 2. The van der Waals surface area contributed by atoms with Crippen molar-refractivity contribution in [2.75, 3.05) is 12.0 Å². The van der Waals surface area contributed by atoms with E-state index in [1.54, 1.807) is 19.2 Å². The van der Waals surface area contributed by atoms with Gasteiger partial charge in [0.25, 0.3) is 5.56 Å². The lowest BCUT2D eigenvalue weighted by molar-refractivity contribution is -0.138. The summed E-state index contributed by atoms with van der Waals surface area (Å²) in [5.74, 6) is -0.931. The van der Waals surface area contributed by atoms with Crippen LogP contribution >= 0.6 is 0 Å². The quantitative estimate of drug-likeness (QED) is 0.878. The number of rotatable bonds is 5. The fourth-order valence-corrected chi connectivity index (χ4v) is 2.94. The lowest BCUT2D eigenvalue weighted by Gasteiger charge is -2.15. The van der Waals surface area contributed by atoms with E-state index in [4.69, 9.17) is 4.74 Å². The van der Waals surface area contributed by atoms with Crippen LogP contribution in [0, 0.1) is 6.92 Å². The molecule has 1 unspecified atom stereocenters. The van der Waals surface area contributed by atoms with Gasteiger partial charge in [0, 0.05) is 18.2 Å². The summed E-state index contributed by atoms with van der Waals surface area (Å²) in [4.78, 5) is 23.8. The molecule has 3 rings (SSSR count). The highest BCUT2D eigenvalue weighted by Crippen LogP contribution is 2.25. The van der Waals surface area contributed by atoms with Gasteiger partial charge in [-0.2, -0.15) is 0 Å². The van der Waals surface area contributed by atoms with E-state index in [9.17, 15) is 14.7 Å². The van der Waals surface area contributed by atoms with Crippen molar-refractivity contribution in [3.8, 4) is 5.75 Å². The molecule has 1 aliphatic heterocycles. The summed E-state index contributed by atoms with van der Waals surface area (Å²) >= 11 is 0. The maximum Gasteiger partial charge on any atom is 0.310 e. The number of nitrogens with zero attached hydrogens (tertiary/aromatic N) is 1. The number of aromatic nitrogens is 1. The van der Waals surface area contributed by atoms with Crippen LogP contribution in [0.4, 0.5) is 0 Å². The third-order valence-electron chi connectivity index (χ3n) is 4.36. The second kappa shape index (κ2) is 6.39. The monoisotopic (exact) mass is 328 g/mol. The molecule has 0 radical (unpaired) electrons. The molecule has 0 aliphatic carbocycles. The predicted octanol–water partition coefficient (Wildman–Crippen LogP) is 2.02. The number of benzene rings is 1. The standard InChI is InChI=1S/C18H20N2O4/c1-11-5-7-20(17(21)16(11)12(2)18(22)23)19-10-13-3-4-15-14(9-13)6-8-24-15/h3-5,7,9,12,19H,6,8,10H2,1-2H3,(H,22,23). The fourth-order valence-electron chi connectivity index (χ4n) is 2.94. The maximum atomic E-state index is 12.6. The van der Waals surface area contributed by atoms with Crippen molar-refractivity contribution in [3.05, 3.63) is 63.1 Å². The molecular weight excluding hydrogens is 308 g/mol. The molecule has 1 aliphatic rings. The van der Waals surface area contributed by atoms with Gasteiger partial charge in [0.2, 0.25) is 0 Å². The first-order chi connectivity index (χ1) is 11.5. The molecular formula is C18H20N2O4. The van der Waals surface area contributed by atoms with Gasteiger partial charge in [0.1, 0.15) is 5.75 Å². The van der Waals surface area contributed by atoms with Crippen LogP contribution in [0.15, 0.2) is 35.3 Å². The number of pyridine rings is 1. The van der Waals surface area contributed by atoms with Crippen LogP contribution in [0.5, 0.6) is 5.75 Å². The van der Waals surface area contributed by atoms with E-state index in [2.05, 4.69) is 11.5 Å². The van der Waals surface area contributed by atoms with E-state index >= 15 is 0 Å². The SMILES string of the molecule is Cc1ccn(NCc2ccc3c(c2)CCO3)c(=O)c1C(C)C(=O)O. The molecule has 2 N–H and O–H groups in total. The molecule has 1 aromatic carbocycles. The van der Waals surface area contributed by atoms with Gasteiger partial charge in [-0.3, -0.25) is 9.59 Å². The Morgan fingerprint density at radius 2 is 2.21 bits per heavy atom. The number of fused-ring (bicyclic) bond motifs is 1. The first-order valence-corrected chi connectivity index (χ1v) is 7.91. The van der Waals surface area contributed by atoms with Crippen LogP contribution in [-0.4, -0.2) is 22.4 Å². The third kappa shape index (κ3) is 2.99. The second-order valence-corrected chi connectivity index (χ2v) is 6.02. The molecule has 1 aromatic heterocycles. The molecule has 126 valence electrons. The molecule has 6 heteroatoms. The number of carboxylic acids is 1. The summed E-state index contributed by atoms with van der Waals surface area (Å²) in [6.45, 7) is 4.45. The van der Waals surface area contributed by atoms with Crippen LogP contribution in [0.1, 0.15) is 35.1 Å². The molecule has 0 saturated heterocycles. The number of hydrogen-bond acceptors (Lipinski definition) is 4. The Morgan fingerprint density at radius 3 is 2.96 bits per heavy atom. The molecule has 0 fully saturated rings. The zero-order chi connectivity index (χ0) is 17.3. The molecule has 0 saturated carbocycles. The lowest BCUT2D eigenvalue weighted by Crippen LogP contribution is -2.33. The highest BCUT2D eigenvalue weighted by Gasteiger charge is 2.20. The van der Waals surface area contributed by atoms with Gasteiger partial charge in [-0.25, -0.2) is 4.68 Å². The van der Waals surface area contributed by atoms with Gasteiger partial charge < -0.3 is 15.3 Å². The minimum atomic E-state index is -1.01. The highest BCUT2D eigenvalue weighted by molar-refractivity contribution is 5.75. The smallest absolute Gasteiger partial charge is 0.310 e. The molecule has 0 spiro atoms. The first-order valence-electron chi connectivity index (χ1n) is 7.91. The fraction of sp³-hybridized carbons (Fsp3) is 0.333. The Bertz CT molecular complexity index is 841. The average molecular weight is 328 g/mol. The molecule has 6 nitrogen and oxygen atoms in total. The zero-order valence-corrected chi connectivity index (χ0v) is 13.7. The number of carbonyl (C=O) groups is 1. The topological polar surface area (TPSA) is 80.6 Å². The van der Waals surface area contributed by atoms with E-state index in [0.717, 1.165) is 17.7 Å². The Labute approximate surface area is 139 Å². The number of ether oxygens (including phenoxy) is 1. The first kappa shape index (κ1) is 16.1. The Balaban J connectivity index is 1.82. The molecule has 24 heavy (non-hydrogen) atoms. The van der Waals surface area contributed by atoms with Crippen LogP contribution < -0.4 is 15.7 Å². The van der Waals surface area contributed by atoms with Gasteiger partial charge >= 0.3 is 5.97 Å². The summed E-state index contributed by atoms with van der Waals surface area (Å²) in [6.07, 6.45) is 2.53. The van der Waals surface area contributed by atoms with E-state index in [1.165, 1.54) is 17.2 Å². The van der Waals surface area contributed by atoms with Crippen molar-refractivity contribution in [1.82, 2.24) is 4.68 Å². The summed E-state index contributed by atoms with van der Waals surface area (Å²) in [5, 5.41) is 9.19. The zero-order valence-electron chi connectivity index (χ0n) is 13.7. The van der Waals surface area contributed by atoms with Crippen molar-refractivity contribution in [2.24, 2.45) is 0 Å². The minimum absolute atomic E-state index is 0.305. The number of aliphatic carboxylic acids is 1. The van der Waals surface area contributed by atoms with Crippen LogP contribution in [0.3, 0.4) is 0 Å². The summed E-state index contributed by atoms with van der Waals surface area (Å²) < 4.78 is 6.83. The van der Waals surface area contributed by atoms with E-state index in [1.807, 2.05) is 12.1 Å². The largest absolute Gasteiger partial charge is 0.493 e. The van der Waals surface area contributed by atoms with Crippen molar-refractivity contribution in [2.45, 2.75) is 32.7 Å². The number of aryl methyl sites for hydroxylation is 1. The van der Waals surface area contributed by atoms with Gasteiger partial charge in [-0.1, -0.05) is 12.1 Å². The van der Waals surface area contributed by atoms with Gasteiger partial charge in [0.15, 0.2) is 0 Å². The Morgan fingerprint density at radius 1 is 1.42 bits per heavy atom. The molecule has 2 heterocycles. The molecule has 1 atom stereocenters. The maximum absolute atomic E-state index is 12.6. The molecule has 0 amide bonds. The van der Waals surface area contributed by atoms with Gasteiger partial charge in [0.05, 0.1) is 19.1 Å². The molecule has 2 aromatic rings. The van der Waals surface area contributed by atoms with Gasteiger partial charge in [-0.15, -0.1) is 0 Å². The Kier molecular flexibility index (Phi) is 4.29. The number of nitrogens with one attached hydrogen (secondary N) is 1. The third-order valence-corrected chi connectivity index (χ3v) is 4.36. The van der Waals surface area contributed by atoms with Crippen molar-refractivity contribution < 1.29 is 14.6 Å². The van der Waals surface area contributed by atoms with Crippen molar-refractivity contribution in [3.63, 3.8) is 0 Å². The Hall–Kier alpha value is -2.76. The normalized spacial score (nSPS) is 13.9. The average Bonchev–Trinajstić information content (AvgIpc) is 3.01. The van der Waals surface area contributed by atoms with Crippen LogP contribution in [-0.2, 0) is 17.8 Å². The van der Waals surface area contributed by atoms with Crippen LogP contribution in [0.2, 0.25) is 0 Å². The summed E-state index contributed by atoms with van der Waals surface area (Å²) in [7, 11) is 0. The summed E-state index contributed by atoms with van der Waals surface area (Å²) in [6, 6.07) is 7.71. The van der Waals surface area contributed by atoms with Crippen molar-refractivity contribution >= 4 is 5.97 Å². The van der Waals surface area contributed by atoms with Crippen LogP contribution in [0.25, 0.3) is 0 Å². The van der Waals surface area contributed by atoms with E-state index in [-0.39, 0.29) is 5.56 Å². The second-order valence-electron chi connectivity index (χ2n) is 6.02. The van der Waals surface area contributed by atoms with Crippen molar-refractivity contribution in [1.29, 1.82) is 0 Å². The predicted molar refractivity (Wildman–Crippen MR) is 90.2 cm³/mol. The summed E-state index contributed by atoms with van der Waals surface area (Å²) in [5.41, 5.74) is 5.93.